The van der Waals surface area contributed by atoms with Gasteiger partial charge in [-0.2, -0.15) is 0 Å². The minimum absolute atomic E-state index is 0. The van der Waals surface area contributed by atoms with Crippen LogP contribution in [-0.2, 0) is 27.1 Å². The Balaban J connectivity index is 0.00000240. The average molecular weight is 420 g/mol. The molecule has 2 aliphatic heterocycles. The van der Waals surface area contributed by atoms with Gasteiger partial charge in [0.15, 0.2) is 0 Å². The molecule has 3 heterocycles. The molecule has 1 saturated heterocycles. The second kappa shape index (κ2) is 8.42. The monoisotopic (exact) mass is 419 g/mol. The highest BCUT2D eigenvalue weighted by atomic mass is 35.5. The number of carbonyl (C=O) groups excluding carboxylic acids is 1. The number of aryl methyl sites for hydroxylation is 1. The van der Waals surface area contributed by atoms with E-state index in [1.54, 1.807) is 18.1 Å². The van der Waals surface area contributed by atoms with Gasteiger partial charge >= 0.3 is 5.69 Å². The van der Waals surface area contributed by atoms with Crippen molar-refractivity contribution in [3.8, 4) is 0 Å². The molecule has 2 N–H and O–H groups in total. The smallest absolute Gasteiger partial charge is 0.330 e. The number of fused-ring (bicyclic) bond motifs is 1. The van der Waals surface area contributed by atoms with E-state index in [4.69, 9.17) is 0 Å². The van der Waals surface area contributed by atoms with E-state index in [1.165, 1.54) is 11.6 Å². The van der Waals surface area contributed by atoms with Crippen LogP contribution in [0.25, 0.3) is 0 Å². The van der Waals surface area contributed by atoms with Crippen molar-refractivity contribution in [2.75, 3.05) is 25.0 Å². The number of carbonyl (C=O) groups is 1. The van der Waals surface area contributed by atoms with Crippen LogP contribution in [0, 0.1) is 0 Å². The Hall–Kier alpha value is -2.58. The van der Waals surface area contributed by atoms with Crippen LogP contribution < -0.4 is 21.9 Å². The van der Waals surface area contributed by atoms with Crippen LogP contribution in [0.15, 0.2) is 34.0 Å². The number of benzene rings is 1. The summed E-state index contributed by atoms with van der Waals surface area (Å²) in [6.07, 6.45) is 3.28. The SMILES string of the molecule is Cl.Cn1cc(CN(C(=O)c2ccc3c(c2)CCN3)C2CCNC2)c(=O)n(C)c1=O. The third-order valence-corrected chi connectivity index (χ3v) is 5.66. The number of anilines is 1. The number of aromatic nitrogens is 2. The highest BCUT2D eigenvalue weighted by Gasteiger charge is 2.29. The van der Waals surface area contributed by atoms with E-state index in [2.05, 4.69) is 10.6 Å². The summed E-state index contributed by atoms with van der Waals surface area (Å²) in [4.78, 5) is 39.7. The Morgan fingerprint density at radius 1 is 1.24 bits per heavy atom. The molecule has 156 valence electrons. The molecule has 0 aliphatic carbocycles. The zero-order chi connectivity index (χ0) is 19.8. The van der Waals surface area contributed by atoms with Gasteiger partial charge < -0.3 is 20.1 Å². The first-order valence-corrected chi connectivity index (χ1v) is 9.59. The van der Waals surface area contributed by atoms with Gasteiger partial charge in [0.25, 0.3) is 11.5 Å². The highest BCUT2D eigenvalue weighted by Crippen LogP contribution is 2.25. The lowest BCUT2D eigenvalue weighted by molar-refractivity contribution is 0.0674. The number of hydrogen-bond acceptors (Lipinski definition) is 5. The van der Waals surface area contributed by atoms with Crippen molar-refractivity contribution in [2.45, 2.75) is 25.4 Å². The van der Waals surface area contributed by atoms with E-state index in [9.17, 15) is 14.4 Å². The minimum Gasteiger partial charge on any atom is -0.384 e. The third-order valence-electron chi connectivity index (χ3n) is 5.66. The van der Waals surface area contributed by atoms with Gasteiger partial charge in [0, 0.05) is 50.7 Å². The first-order valence-electron chi connectivity index (χ1n) is 9.59. The van der Waals surface area contributed by atoms with Crippen molar-refractivity contribution >= 4 is 24.0 Å². The van der Waals surface area contributed by atoms with Crippen molar-refractivity contribution in [1.29, 1.82) is 0 Å². The number of nitrogens with one attached hydrogen (secondary N) is 2. The zero-order valence-corrected chi connectivity index (χ0v) is 17.4. The molecular weight excluding hydrogens is 394 g/mol. The fourth-order valence-electron chi connectivity index (χ4n) is 4.05. The van der Waals surface area contributed by atoms with Gasteiger partial charge in [-0.05, 0) is 43.1 Å². The van der Waals surface area contributed by atoms with Crippen LogP contribution in [0.3, 0.4) is 0 Å². The average Bonchev–Trinajstić information content (AvgIpc) is 3.38. The summed E-state index contributed by atoms with van der Waals surface area (Å²) in [6, 6.07) is 5.76. The second-order valence-corrected chi connectivity index (χ2v) is 7.54. The summed E-state index contributed by atoms with van der Waals surface area (Å²) in [5.41, 5.74) is 2.57. The summed E-state index contributed by atoms with van der Waals surface area (Å²) < 4.78 is 2.47. The molecule has 9 heteroatoms. The second-order valence-electron chi connectivity index (χ2n) is 7.54. The molecule has 4 rings (SSSR count). The first kappa shape index (κ1) is 21.1. The van der Waals surface area contributed by atoms with Crippen molar-refractivity contribution in [3.63, 3.8) is 0 Å². The summed E-state index contributed by atoms with van der Waals surface area (Å²) in [5.74, 6) is -0.0840. The largest absolute Gasteiger partial charge is 0.384 e. The highest BCUT2D eigenvalue weighted by molar-refractivity contribution is 5.95. The molecule has 1 unspecified atom stereocenters. The van der Waals surface area contributed by atoms with E-state index in [0.717, 1.165) is 41.7 Å². The number of hydrogen-bond donors (Lipinski definition) is 2. The van der Waals surface area contributed by atoms with Gasteiger partial charge in [0.1, 0.15) is 0 Å². The quantitative estimate of drug-likeness (QED) is 0.752. The standard InChI is InChI=1S/C20H25N5O3.ClH/c1-23-11-15(18(26)24(2)20(23)28)12-25(16-6-7-21-10-16)19(27)14-3-4-17-13(9-14)5-8-22-17;/h3-4,9,11,16,21-22H,5-8,10,12H2,1-2H3;1H. The van der Waals surface area contributed by atoms with Crippen LogP contribution >= 0.6 is 12.4 Å². The molecule has 0 bridgehead atoms. The molecule has 0 radical (unpaired) electrons. The molecule has 1 fully saturated rings. The van der Waals surface area contributed by atoms with E-state index in [-0.39, 0.29) is 42.1 Å². The van der Waals surface area contributed by atoms with E-state index >= 15 is 0 Å². The summed E-state index contributed by atoms with van der Waals surface area (Å²) in [5, 5.41) is 6.59. The van der Waals surface area contributed by atoms with E-state index < -0.39 is 0 Å². The Bertz CT molecular complexity index is 1040. The Labute approximate surface area is 174 Å². The van der Waals surface area contributed by atoms with E-state index in [1.807, 2.05) is 18.2 Å². The lowest BCUT2D eigenvalue weighted by atomic mass is 10.1. The molecular formula is C20H26ClN5O3. The van der Waals surface area contributed by atoms with Gasteiger partial charge in [-0.25, -0.2) is 4.79 Å². The predicted molar refractivity (Wildman–Crippen MR) is 114 cm³/mol. The molecule has 0 spiro atoms. The number of amides is 1. The maximum atomic E-state index is 13.4. The van der Waals surface area contributed by atoms with Crippen molar-refractivity contribution in [1.82, 2.24) is 19.4 Å². The lowest BCUT2D eigenvalue weighted by Crippen LogP contribution is -2.45. The maximum Gasteiger partial charge on any atom is 0.330 e. The van der Waals surface area contributed by atoms with Gasteiger partial charge in [0.2, 0.25) is 0 Å². The normalized spacial score (nSPS) is 17.4. The van der Waals surface area contributed by atoms with E-state index in [0.29, 0.717) is 17.7 Å². The Morgan fingerprint density at radius 2 is 2.03 bits per heavy atom. The van der Waals surface area contributed by atoms with Gasteiger partial charge in [0.05, 0.1) is 12.1 Å². The molecule has 8 nitrogen and oxygen atoms in total. The van der Waals surface area contributed by atoms with Crippen LogP contribution in [-0.4, -0.2) is 45.6 Å². The number of rotatable bonds is 4. The third kappa shape index (κ3) is 3.95. The molecule has 2 aliphatic rings. The number of halogens is 1. The molecule has 2 aromatic rings. The maximum absolute atomic E-state index is 13.4. The van der Waals surface area contributed by atoms with Crippen LogP contribution in [0.1, 0.15) is 27.9 Å². The minimum atomic E-state index is -0.375. The molecule has 0 saturated carbocycles. The summed E-state index contributed by atoms with van der Waals surface area (Å²) in [6.45, 7) is 2.61. The molecule has 29 heavy (non-hydrogen) atoms. The topological polar surface area (TPSA) is 88.4 Å². The Kier molecular flexibility index (Phi) is 6.14. The molecule has 1 aromatic heterocycles. The predicted octanol–water partition coefficient (Wildman–Crippen LogP) is 0.478. The van der Waals surface area contributed by atoms with Gasteiger partial charge in [-0.15, -0.1) is 12.4 Å². The molecule has 1 atom stereocenters. The van der Waals surface area contributed by atoms with Crippen molar-refractivity contribution in [2.24, 2.45) is 14.1 Å². The fraction of sp³-hybridized carbons (Fsp3) is 0.450. The summed E-state index contributed by atoms with van der Waals surface area (Å²) >= 11 is 0. The van der Waals surface area contributed by atoms with Gasteiger partial charge in [-0.3, -0.25) is 14.2 Å². The van der Waals surface area contributed by atoms with Crippen LogP contribution in [0.2, 0.25) is 0 Å². The van der Waals surface area contributed by atoms with Crippen molar-refractivity contribution < 1.29 is 4.79 Å². The fourth-order valence-corrected chi connectivity index (χ4v) is 4.05. The zero-order valence-electron chi connectivity index (χ0n) is 16.6. The molecule has 1 aromatic carbocycles. The molecule has 1 amide bonds. The Morgan fingerprint density at radius 3 is 2.76 bits per heavy atom. The van der Waals surface area contributed by atoms with Gasteiger partial charge in [-0.1, -0.05) is 0 Å². The number of nitrogens with zero attached hydrogens (tertiary/aromatic N) is 3. The van der Waals surface area contributed by atoms with Crippen molar-refractivity contribution in [3.05, 3.63) is 61.9 Å². The first-order chi connectivity index (χ1) is 13.5. The van der Waals surface area contributed by atoms with Crippen LogP contribution in [0.4, 0.5) is 5.69 Å². The lowest BCUT2D eigenvalue weighted by Gasteiger charge is -2.29. The van der Waals surface area contributed by atoms with Crippen LogP contribution in [0.5, 0.6) is 0 Å². The summed E-state index contributed by atoms with van der Waals surface area (Å²) in [7, 11) is 3.08.